The summed E-state index contributed by atoms with van der Waals surface area (Å²) in [5.41, 5.74) is -1.34. The molecule has 3 nitrogen and oxygen atoms in total. The highest BCUT2D eigenvalue weighted by Crippen LogP contribution is 2.31. The maximum atomic E-state index is 12.9. The molecule has 0 spiro atoms. The number of alkyl halides is 3. The number of amides is 1. The van der Waals surface area contributed by atoms with Gasteiger partial charge in [0.05, 0.1) is 16.0 Å². The molecule has 1 N–H and O–H groups in total. The molecule has 1 aromatic heterocycles. The van der Waals surface area contributed by atoms with Crippen molar-refractivity contribution in [3.05, 3.63) is 57.3 Å². The van der Waals surface area contributed by atoms with E-state index in [1.54, 1.807) is 12.1 Å². The minimum Gasteiger partial charge on any atom is -0.352 e. The Kier molecular flexibility index (Phi) is 5.20. The van der Waals surface area contributed by atoms with Gasteiger partial charge in [-0.05, 0) is 37.6 Å². The Labute approximate surface area is 135 Å². The normalized spacial score (nSPS) is 11.3. The topological polar surface area (TPSA) is 46.2 Å². The van der Waals surface area contributed by atoms with E-state index in [0.717, 1.165) is 17.0 Å². The zero-order valence-electron chi connectivity index (χ0n) is 12.2. The first kappa shape index (κ1) is 17.2. The Balaban J connectivity index is 1.99. The number of benzene rings is 1. The predicted octanol–water partition coefficient (Wildman–Crippen LogP) is 3.94. The molecule has 1 amide bonds. The fraction of sp³-hybridized carbons (Fsp3) is 0.250. The largest absolute Gasteiger partial charge is 0.417 e. The average Bonchev–Trinajstić information content (AvgIpc) is 2.95. The van der Waals surface area contributed by atoms with E-state index in [1.165, 1.54) is 30.4 Å². The minimum absolute atomic E-state index is 0.0376. The van der Waals surface area contributed by atoms with Gasteiger partial charge in [0, 0.05) is 11.4 Å². The molecule has 0 fully saturated rings. The van der Waals surface area contributed by atoms with Gasteiger partial charge in [-0.15, -0.1) is 11.3 Å². The van der Waals surface area contributed by atoms with Gasteiger partial charge in [0.1, 0.15) is 0 Å². The number of Topliss-reactive ketones (excluding diaryl/α,β-unsaturated/α-hetero) is 1. The molecule has 0 aliphatic heterocycles. The average molecular weight is 341 g/mol. The summed E-state index contributed by atoms with van der Waals surface area (Å²) in [7, 11) is 0. The SMILES string of the molecule is CC(=O)c1ccc(CCNC(=O)c2ccccc2C(F)(F)F)s1. The summed E-state index contributed by atoms with van der Waals surface area (Å²) < 4.78 is 38.6. The fourth-order valence-corrected chi connectivity index (χ4v) is 2.93. The van der Waals surface area contributed by atoms with Gasteiger partial charge in [0.15, 0.2) is 5.78 Å². The first-order valence-electron chi connectivity index (χ1n) is 6.83. The molecule has 2 aromatic rings. The van der Waals surface area contributed by atoms with Crippen LogP contribution in [0.3, 0.4) is 0 Å². The first-order chi connectivity index (χ1) is 10.8. The van der Waals surface area contributed by atoms with E-state index in [4.69, 9.17) is 0 Å². The smallest absolute Gasteiger partial charge is 0.352 e. The molecular formula is C16H14F3NO2S. The molecule has 0 saturated carbocycles. The third-order valence-corrected chi connectivity index (χ3v) is 4.39. The van der Waals surface area contributed by atoms with E-state index in [9.17, 15) is 22.8 Å². The monoisotopic (exact) mass is 341 g/mol. The lowest BCUT2D eigenvalue weighted by atomic mass is 10.1. The van der Waals surface area contributed by atoms with Crippen molar-refractivity contribution in [2.24, 2.45) is 0 Å². The van der Waals surface area contributed by atoms with Gasteiger partial charge < -0.3 is 5.32 Å². The van der Waals surface area contributed by atoms with Gasteiger partial charge in [-0.3, -0.25) is 9.59 Å². The van der Waals surface area contributed by atoms with Crippen molar-refractivity contribution in [1.29, 1.82) is 0 Å². The molecule has 122 valence electrons. The molecule has 7 heteroatoms. The third-order valence-electron chi connectivity index (χ3n) is 3.14. The van der Waals surface area contributed by atoms with Crippen molar-refractivity contribution >= 4 is 23.0 Å². The number of hydrogen-bond donors (Lipinski definition) is 1. The Morgan fingerprint density at radius 3 is 2.43 bits per heavy atom. The molecule has 2 rings (SSSR count). The number of carbonyl (C=O) groups is 2. The zero-order chi connectivity index (χ0) is 17.0. The number of halogens is 3. The highest BCUT2D eigenvalue weighted by atomic mass is 32.1. The van der Waals surface area contributed by atoms with Crippen LogP contribution in [0.1, 0.15) is 37.4 Å². The summed E-state index contributed by atoms with van der Waals surface area (Å²) in [5, 5.41) is 2.48. The Hall–Kier alpha value is -2.15. The van der Waals surface area contributed by atoms with Gasteiger partial charge in [-0.25, -0.2) is 0 Å². The van der Waals surface area contributed by atoms with Crippen LogP contribution in [0.5, 0.6) is 0 Å². The molecular weight excluding hydrogens is 327 g/mol. The molecule has 0 bridgehead atoms. The molecule has 0 atom stereocenters. The van der Waals surface area contributed by atoms with Crippen molar-refractivity contribution in [3.8, 4) is 0 Å². The predicted molar refractivity (Wildman–Crippen MR) is 81.8 cm³/mol. The molecule has 0 aliphatic rings. The van der Waals surface area contributed by atoms with Crippen LogP contribution in [0.15, 0.2) is 36.4 Å². The van der Waals surface area contributed by atoms with Crippen molar-refractivity contribution in [3.63, 3.8) is 0 Å². The highest BCUT2D eigenvalue weighted by molar-refractivity contribution is 7.14. The van der Waals surface area contributed by atoms with Gasteiger partial charge in [-0.2, -0.15) is 13.2 Å². The Morgan fingerprint density at radius 2 is 1.83 bits per heavy atom. The fourth-order valence-electron chi connectivity index (χ4n) is 2.02. The van der Waals surface area contributed by atoms with Crippen molar-refractivity contribution in [2.45, 2.75) is 19.5 Å². The van der Waals surface area contributed by atoms with Gasteiger partial charge in [0.2, 0.25) is 0 Å². The van der Waals surface area contributed by atoms with E-state index < -0.39 is 23.2 Å². The Morgan fingerprint density at radius 1 is 1.13 bits per heavy atom. The lowest BCUT2D eigenvalue weighted by Crippen LogP contribution is -2.28. The second-order valence-corrected chi connectivity index (χ2v) is 6.04. The lowest BCUT2D eigenvalue weighted by molar-refractivity contribution is -0.137. The summed E-state index contributed by atoms with van der Waals surface area (Å²) in [6.45, 7) is 1.66. The minimum atomic E-state index is -4.57. The summed E-state index contributed by atoms with van der Waals surface area (Å²) in [6.07, 6.45) is -4.12. The van der Waals surface area contributed by atoms with Crippen LogP contribution in [0.2, 0.25) is 0 Å². The zero-order valence-corrected chi connectivity index (χ0v) is 13.1. The standard InChI is InChI=1S/C16H14F3NO2S/c1-10(21)14-7-6-11(23-14)8-9-20-15(22)12-4-2-3-5-13(12)16(17,18)19/h2-7H,8-9H2,1H3,(H,20,22). The lowest BCUT2D eigenvalue weighted by Gasteiger charge is -2.12. The number of rotatable bonds is 5. The van der Waals surface area contributed by atoms with E-state index in [2.05, 4.69) is 5.32 Å². The van der Waals surface area contributed by atoms with Crippen molar-refractivity contribution < 1.29 is 22.8 Å². The summed E-state index contributed by atoms with van der Waals surface area (Å²) >= 11 is 1.32. The maximum Gasteiger partial charge on any atom is 0.417 e. The van der Waals surface area contributed by atoms with Gasteiger partial charge in [-0.1, -0.05) is 12.1 Å². The quantitative estimate of drug-likeness (QED) is 0.837. The van der Waals surface area contributed by atoms with Crippen LogP contribution in [-0.4, -0.2) is 18.2 Å². The molecule has 0 radical (unpaired) electrons. The number of thiophene rings is 1. The first-order valence-corrected chi connectivity index (χ1v) is 7.65. The number of carbonyl (C=O) groups excluding carboxylic acids is 2. The van der Waals surface area contributed by atoms with Crippen LogP contribution in [-0.2, 0) is 12.6 Å². The van der Waals surface area contributed by atoms with Crippen LogP contribution >= 0.6 is 11.3 Å². The number of hydrogen-bond acceptors (Lipinski definition) is 3. The van der Waals surface area contributed by atoms with E-state index >= 15 is 0 Å². The molecule has 0 aliphatic carbocycles. The summed E-state index contributed by atoms with van der Waals surface area (Å²) in [6, 6.07) is 8.14. The molecule has 1 aromatic carbocycles. The van der Waals surface area contributed by atoms with Crippen LogP contribution in [0.25, 0.3) is 0 Å². The van der Waals surface area contributed by atoms with E-state index in [-0.39, 0.29) is 12.3 Å². The number of nitrogens with one attached hydrogen (secondary N) is 1. The summed E-state index contributed by atoms with van der Waals surface area (Å²) in [4.78, 5) is 24.7. The maximum absolute atomic E-state index is 12.9. The van der Waals surface area contributed by atoms with E-state index in [0.29, 0.717) is 11.3 Å². The molecule has 0 unspecified atom stereocenters. The van der Waals surface area contributed by atoms with Crippen LogP contribution in [0, 0.1) is 0 Å². The summed E-state index contributed by atoms with van der Waals surface area (Å²) in [5.74, 6) is -0.800. The third kappa shape index (κ3) is 4.41. The van der Waals surface area contributed by atoms with Crippen molar-refractivity contribution in [1.82, 2.24) is 5.32 Å². The van der Waals surface area contributed by atoms with Crippen LogP contribution in [0.4, 0.5) is 13.2 Å². The second-order valence-electron chi connectivity index (χ2n) is 4.87. The molecule has 0 saturated heterocycles. The molecule has 1 heterocycles. The van der Waals surface area contributed by atoms with E-state index in [1.807, 2.05) is 0 Å². The second kappa shape index (κ2) is 6.95. The van der Waals surface area contributed by atoms with Crippen molar-refractivity contribution in [2.75, 3.05) is 6.54 Å². The van der Waals surface area contributed by atoms with Gasteiger partial charge in [0.25, 0.3) is 5.91 Å². The van der Waals surface area contributed by atoms with Crippen LogP contribution < -0.4 is 5.32 Å². The highest BCUT2D eigenvalue weighted by Gasteiger charge is 2.34. The van der Waals surface area contributed by atoms with Gasteiger partial charge >= 0.3 is 6.18 Å². The Bertz CT molecular complexity index is 722. The molecule has 23 heavy (non-hydrogen) atoms. The number of ketones is 1.